The minimum Gasteiger partial charge on any atom is -0.465 e. The lowest BCUT2D eigenvalue weighted by molar-refractivity contribution is -0.149. The zero-order chi connectivity index (χ0) is 12.0. The van der Waals surface area contributed by atoms with E-state index in [1.807, 2.05) is 6.92 Å². The first-order valence-electron chi connectivity index (χ1n) is 7.37. The molecule has 3 rings (SSSR count). The average Bonchev–Trinajstić information content (AvgIpc) is 2.94. The van der Waals surface area contributed by atoms with Crippen LogP contribution >= 0.6 is 0 Å². The topological polar surface area (TPSA) is 26.3 Å². The summed E-state index contributed by atoms with van der Waals surface area (Å²) in [4.78, 5) is 11.4. The van der Waals surface area contributed by atoms with E-state index in [2.05, 4.69) is 6.92 Å². The molecule has 2 heteroatoms. The maximum Gasteiger partial charge on any atom is 0.305 e. The highest BCUT2D eigenvalue weighted by Crippen LogP contribution is 2.79. The van der Waals surface area contributed by atoms with Crippen LogP contribution in [-0.4, -0.2) is 12.6 Å². The third-order valence-electron chi connectivity index (χ3n) is 5.63. The Balaban J connectivity index is 1.52. The van der Waals surface area contributed by atoms with Crippen LogP contribution < -0.4 is 0 Å². The van der Waals surface area contributed by atoms with Gasteiger partial charge in [0.25, 0.3) is 0 Å². The summed E-state index contributed by atoms with van der Waals surface area (Å²) in [5, 5.41) is 0. The minimum absolute atomic E-state index is 0.00634. The predicted molar refractivity (Wildman–Crippen MR) is 66.4 cm³/mol. The van der Waals surface area contributed by atoms with Crippen LogP contribution in [0.1, 0.15) is 52.4 Å². The van der Waals surface area contributed by atoms with Gasteiger partial charge >= 0.3 is 5.97 Å². The SMILES string of the molecule is CCCC(=O)OCC1CC23CC2CC(CC)C13. The van der Waals surface area contributed by atoms with E-state index in [9.17, 15) is 4.79 Å². The van der Waals surface area contributed by atoms with Gasteiger partial charge in [0, 0.05) is 6.42 Å². The van der Waals surface area contributed by atoms with Crippen LogP contribution in [0.3, 0.4) is 0 Å². The molecule has 2 nitrogen and oxygen atoms in total. The second kappa shape index (κ2) is 4.00. The third-order valence-corrected chi connectivity index (χ3v) is 5.63. The number of carbonyl (C=O) groups is 1. The van der Waals surface area contributed by atoms with Crippen molar-refractivity contribution >= 4 is 5.97 Å². The number of rotatable bonds is 5. The second-order valence-corrected chi connectivity index (χ2v) is 6.46. The summed E-state index contributed by atoms with van der Waals surface area (Å²) in [5.41, 5.74) is 0.739. The summed E-state index contributed by atoms with van der Waals surface area (Å²) in [6.07, 6.45) is 7.09. The predicted octanol–water partition coefficient (Wildman–Crippen LogP) is 3.40. The van der Waals surface area contributed by atoms with Crippen LogP contribution in [0.15, 0.2) is 0 Å². The van der Waals surface area contributed by atoms with E-state index in [-0.39, 0.29) is 5.97 Å². The van der Waals surface area contributed by atoms with Crippen LogP contribution in [0.4, 0.5) is 0 Å². The highest BCUT2D eigenvalue weighted by molar-refractivity contribution is 5.69. The van der Waals surface area contributed by atoms with E-state index in [0.29, 0.717) is 18.9 Å². The first-order valence-corrected chi connectivity index (χ1v) is 7.37. The summed E-state index contributed by atoms with van der Waals surface area (Å²) < 4.78 is 5.41. The number of hydrogen-bond donors (Lipinski definition) is 0. The van der Waals surface area contributed by atoms with Gasteiger partial charge in [-0.3, -0.25) is 4.79 Å². The molecule has 0 heterocycles. The minimum atomic E-state index is 0.00634. The Morgan fingerprint density at radius 3 is 2.82 bits per heavy atom. The standard InChI is InChI=1S/C15H24O2/c1-3-5-13(16)17-9-11-7-15-8-12(15)6-10(4-2)14(11)15/h10-12,14H,3-9H2,1-2H3. The van der Waals surface area contributed by atoms with Crippen molar-refractivity contribution in [1.29, 1.82) is 0 Å². The lowest BCUT2D eigenvalue weighted by atomic mass is 9.59. The van der Waals surface area contributed by atoms with Gasteiger partial charge in [-0.2, -0.15) is 0 Å². The molecular weight excluding hydrogens is 212 g/mol. The molecule has 5 unspecified atom stereocenters. The molecule has 17 heavy (non-hydrogen) atoms. The molecule has 1 spiro atoms. The van der Waals surface area contributed by atoms with Gasteiger partial charge in [-0.05, 0) is 54.8 Å². The molecule has 0 N–H and O–H groups in total. The molecule has 0 amide bonds. The van der Waals surface area contributed by atoms with Crippen LogP contribution in [0.2, 0.25) is 0 Å². The molecule has 96 valence electrons. The van der Waals surface area contributed by atoms with E-state index in [1.54, 1.807) is 0 Å². The fourth-order valence-electron chi connectivity index (χ4n) is 4.86. The highest BCUT2D eigenvalue weighted by Gasteiger charge is 2.73. The van der Waals surface area contributed by atoms with Crippen molar-refractivity contribution in [3.63, 3.8) is 0 Å². The van der Waals surface area contributed by atoms with Gasteiger partial charge in [0.2, 0.25) is 0 Å². The fourth-order valence-corrected chi connectivity index (χ4v) is 4.86. The summed E-state index contributed by atoms with van der Waals surface area (Å²) >= 11 is 0. The zero-order valence-electron chi connectivity index (χ0n) is 11.1. The first-order chi connectivity index (χ1) is 8.21. The largest absolute Gasteiger partial charge is 0.465 e. The summed E-state index contributed by atoms with van der Waals surface area (Å²) in [7, 11) is 0. The number of esters is 1. The van der Waals surface area contributed by atoms with Crippen molar-refractivity contribution in [3.8, 4) is 0 Å². The van der Waals surface area contributed by atoms with Crippen LogP contribution in [0.5, 0.6) is 0 Å². The highest BCUT2D eigenvalue weighted by atomic mass is 16.5. The van der Waals surface area contributed by atoms with E-state index in [4.69, 9.17) is 4.74 Å². The molecule has 3 aliphatic rings. The molecule has 3 aliphatic carbocycles. The van der Waals surface area contributed by atoms with Crippen LogP contribution in [0.25, 0.3) is 0 Å². The van der Waals surface area contributed by atoms with Gasteiger partial charge in [-0.25, -0.2) is 0 Å². The maximum absolute atomic E-state index is 11.4. The Morgan fingerprint density at radius 2 is 2.12 bits per heavy atom. The Bertz CT molecular complexity index is 325. The van der Waals surface area contributed by atoms with Gasteiger partial charge in [0.1, 0.15) is 0 Å². The van der Waals surface area contributed by atoms with E-state index in [0.717, 1.165) is 29.6 Å². The Kier molecular flexibility index (Phi) is 2.72. The molecular formula is C15H24O2. The molecule has 0 saturated heterocycles. The summed E-state index contributed by atoms with van der Waals surface area (Å²) in [6.45, 7) is 5.05. The second-order valence-electron chi connectivity index (χ2n) is 6.46. The molecule has 0 bridgehead atoms. The van der Waals surface area contributed by atoms with Gasteiger partial charge in [-0.1, -0.05) is 20.3 Å². The van der Waals surface area contributed by atoms with E-state index >= 15 is 0 Å². The van der Waals surface area contributed by atoms with Crippen LogP contribution in [-0.2, 0) is 9.53 Å². The van der Waals surface area contributed by atoms with Gasteiger partial charge in [0.05, 0.1) is 6.61 Å². The lowest BCUT2D eigenvalue weighted by Gasteiger charge is -2.46. The van der Waals surface area contributed by atoms with Crippen molar-refractivity contribution in [1.82, 2.24) is 0 Å². The van der Waals surface area contributed by atoms with Crippen molar-refractivity contribution in [3.05, 3.63) is 0 Å². The van der Waals surface area contributed by atoms with Gasteiger partial charge in [-0.15, -0.1) is 0 Å². The molecule has 0 aromatic rings. The van der Waals surface area contributed by atoms with Gasteiger partial charge in [0.15, 0.2) is 0 Å². The van der Waals surface area contributed by atoms with Crippen molar-refractivity contribution in [2.45, 2.75) is 52.4 Å². The Morgan fingerprint density at radius 1 is 1.29 bits per heavy atom. The average molecular weight is 236 g/mol. The number of hydrogen-bond acceptors (Lipinski definition) is 2. The fraction of sp³-hybridized carbons (Fsp3) is 0.933. The third kappa shape index (κ3) is 1.63. The molecule has 0 radical (unpaired) electrons. The molecule has 0 aromatic heterocycles. The van der Waals surface area contributed by atoms with Crippen LogP contribution in [0, 0.1) is 29.1 Å². The molecule has 3 saturated carbocycles. The Hall–Kier alpha value is -0.530. The molecule has 3 fully saturated rings. The van der Waals surface area contributed by atoms with E-state index < -0.39 is 0 Å². The van der Waals surface area contributed by atoms with E-state index in [1.165, 1.54) is 25.7 Å². The first kappa shape index (κ1) is 11.6. The smallest absolute Gasteiger partial charge is 0.305 e. The molecule has 0 aromatic carbocycles. The quantitative estimate of drug-likeness (QED) is 0.684. The number of ether oxygens (including phenoxy) is 1. The van der Waals surface area contributed by atoms with Gasteiger partial charge < -0.3 is 4.74 Å². The van der Waals surface area contributed by atoms with Crippen molar-refractivity contribution in [2.24, 2.45) is 29.1 Å². The molecule has 5 atom stereocenters. The van der Waals surface area contributed by atoms with Crippen molar-refractivity contribution in [2.75, 3.05) is 6.61 Å². The number of carbonyl (C=O) groups excluding carboxylic acids is 1. The molecule has 0 aliphatic heterocycles. The lowest BCUT2D eigenvalue weighted by Crippen LogP contribution is -2.43. The monoisotopic (exact) mass is 236 g/mol. The van der Waals surface area contributed by atoms with Crippen molar-refractivity contribution < 1.29 is 9.53 Å². The Labute approximate surface area is 104 Å². The zero-order valence-corrected chi connectivity index (χ0v) is 11.1. The summed E-state index contributed by atoms with van der Waals surface area (Å²) in [5.74, 6) is 3.56. The summed E-state index contributed by atoms with van der Waals surface area (Å²) in [6, 6.07) is 0. The normalized spacial score (nSPS) is 45.8. The maximum atomic E-state index is 11.4.